The Morgan fingerprint density at radius 3 is 1.85 bits per heavy atom. The van der Waals surface area contributed by atoms with E-state index in [9.17, 15) is 54.0 Å². The number of methoxy groups -OCH3 is 1. The molecule has 73 heavy (non-hydrogen) atoms. The van der Waals surface area contributed by atoms with E-state index in [0.717, 1.165) is 48.2 Å². The zero-order valence-electron chi connectivity index (χ0n) is 41.3. The summed E-state index contributed by atoms with van der Waals surface area (Å²) in [4.78, 5) is 106. The van der Waals surface area contributed by atoms with Gasteiger partial charge in [-0.2, -0.15) is 0 Å². The number of nitrogens with zero attached hydrogens (tertiary/aromatic N) is 4. The van der Waals surface area contributed by atoms with Crippen molar-refractivity contribution in [1.29, 1.82) is 0 Å². The van der Waals surface area contributed by atoms with E-state index in [0.29, 0.717) is 5.56 Å². The van der Waals surface area contributed by atoms with Crippen LogP contribution >= 0.6 is 0 Å². The summed E-state index contributed by atoms with van der Waals surface area (Å²) in [5, 5.41) is 55.9. The highest BCUT2D eigenvalue weighted by Crippen LogP contribution is 2.25. The Balaban J connectivity index is 1.12. The van der Waals surface area contributed by atoms with Crippen molar-refractivity contribution in [1.82, 2.24) is 36.4 Å². The van der Waals surface area contributed by atoms with Crippen molar-refractivity contribution in [3.63, 3.8) is 0 Å². The molecule has 0 aromatic heterocycles. The highest BCUT2D eigenvalue weighted by Gasteiger charge is 2.46. The molecule has 0 radical (unpaired) electrons. The van der Waals surface area contributed by atoms with Crippen LogP contribution < -0.4 is 46.9 Å². The van der Waals surface area contributed by atoms with E-state index in [1.165, 1.54) is 30.9 Å². The lowest BCUT2D eigenvalue weighted by molar-refractivity contribution is -0.145. The number of fused-ring (bicyclic) bond motifs is 2. The summed E-state index contributed by atoms with van der Waals surface area (Å²) in [6, 6.07) is 11.8. The summed E-state index contributed by atoms with van der Waals surface area (Å²) in [6.07, 6.45) is -4.32. The van der Waals surface area contributed by atoms with E-state index in [2.05, 4.69) is 36.4 Å². The largest absolute Gasteiger partial charge is 0.508 e. The number of hydrogen-bond acceptors (Lipinski definition) is 15. The maximum atomic E-state index is 14.4. The lowest BCUT2D eigenvalue weighted by atomic mass is 10.0. The molecule has 11 N–H and O–H groups in total. The topological polar surface area (TPSA) is 309 Å². The Labute approximate surface area is 423 Å². The second-order valence-electron chi connectivity index (χ2n) is 19.3. The van der Waals surface area contributed by atoms with Crippen molar-refractivity contribution in [2.75, 3.05) is 62.7 Å². The van der Waals surface area contributed by atoms with Crippen molar-refractivity contribution in [3.05, 3.63) is 83.9 Å². The number of piperazine rings is 1. The van der Waals surface area contributed by atoms with Gasteiger partial charge in [-0.05, 0) is 112 Å². The van der Waals surface area contributed by atoms with Gasteiger partial charge < -0.3 is 77.1 Å². The number of aryl methyl sites for hydroxylation is 1. The standard InChI is InChI=1S/C51H68N10O12/c1-29(62)43-50(71)60-27-33(52)25-41(60)48(69)53-20-4-5-39(54-45(66)32-9-11-34(12-10-32)58-21-23-59(24-22-58)35-13-17-38(73-3)18-14-35)46(67)56-44(30(2)63)51(72)61-28-37(65)26-42(61)49(70)55-40(47(68)57-43)19-8-31-6-15-36(64)16-7-31/h6-7,9-18,29-30,33,37,39-44,62-65H,4-5,8,19-28,52H2,1-3H3,(H,53,69)(H,54,66)(H,55,70)(H,56,67)(H,57,68)/t29?,30?,33-,37+,39-,40?,41?,42?,43?,44?/m0/s1. The number of aliphatic hydroxyl groups is 3. The fourth-order valence-electron chi connectivity index (χ4n) is 9.80. The van der Waals surface area contributed by atoms with Crippen LogP contribution in [-0.4, -0.2) is 185 Å². The minimum Gasteiger partial charge on any atom is -0.508 e. The molecule has 4 fully saturated rings. The molecule has 0 saturated carbocycles. The number of nitrogens with two attached hydrogens (primary N) is 1. The van der Waals surface area contributed by atoms with Crippen LogP contribution in [0, 0.1) is 0 Å². The molecular weight excluding hydrogens is 945 g/mol. The van der Waals surface area contributed by atoms with Gasteiger partial charge in [-0.15, -0.1) is 0 Å². The molecule has 7 rings (SSSR count). The number of anilines is 2. The third-order valence-corrected chi connectivity index (χ3v) is 14.0. The van der Waals surface area contributed by atoms with Crippen LogP contribution in [0.1, 0.15) is 61.9 Å². The smallest absolute Gasteiger partial charge is 0.251 e. The lowest BCUT2D eigenvalue weighted by Crippen LogP contribution is -2.61. The third-order valence-electron chi connectivity index (χ3n) is 14.0. The number of aromatic hydroxyl groups is 1. The minimum atomic E-state index is -1.67. The monoisotopic (exact) mass is 1010 g/mol. The molecule has 0 spiro atoms. The molecule has 3 aromatic rings. The highest BCUT2D eigenvalue weighted by atomic mass is 16.5. The molecule has 10 atom stereocenters. The van der Waals surface area contributed by atoms with Gasteiger partial charge in [0.25, 0.3) is 5.91 Å². The van der Waals surface area contributed by atoms with E-state index in [4.69, 9.17) is 10.5 Å². The Hall–Kier alpha value is -7.01. The maximum Gasteiger partial charge on any atom is 0.251 e. The van der Waals surface area contributed by atoms with E-state index in [1.54, 1.807) is 31.4 Å². The van der Waals surface area contributed by atoms with Gasteiger partial charge in [-0.25, -0.2) is 0 Å². The molecule has 3 aromatic carbocycles. The average Bonchev–Trinajstić information content (AvgIpc) is 3.98. The predicted octanol–water partition coefficient (Wildman–Crippen LogP) is -1.53. The number of benzene rings is 3. The average molecular weight is 1010 g/mol. The van der Waals surface area contributed by atoms with E-state index < -0.39 is 102 Å². The van der Waals surface area contributed by atoms with E-state index >= 15 is 0 Å². The van der Waals surface area contributed by atoms with Crippen molar-refractivity contribution < 1.29 is 58.7 Å². The molecule has 7 amide bonds. The van der Waals surface area contributed by atoms with Gasteiger partial charge in [-0.3, -0.25) is 33.6 Å². The number of aliphatic hydroxyl groups excluding tert-OH is 3. The van der Waals surface area contributed by atoms with Crippen LogP contribution in [0.25, 0.3) is 0 Å². The SMILES string of the molecule is COc1ccc(N2CCN(c3ccc(C(=O)N[C@H]4CCCNC(=O)C5C[C@H](N)CN5C(=O)C(C(C)O)NC(=O)C(CCc5ccc(O)cc5)NC(=O)C5C[C@@H](O)CN5C(=O)C(C(C)O)NC4=O)cc3)CC2)cc1. The molecule has 4 aliphatic heterocycles. The van der Waals surface area contributed by atoms with Gasteiger partial charge in [0.2, 0.25) is 35.4 Å². The van der Waals surface area contributed by atoms with Crippen LogP contribution in [0.5, 0.6) is 11.5 Å². The van der Waals surface area contributed by atoms with E-state index in [1.807, 2.05) is 36.4 Å². The molecule has 0 aliphatic carbocycles. The second kappa shape index (κ2) is 24.1. The van der Waals surface area contributed by atoms with Crippen LogP contribution in [0.4, 0.5) is 11.4 Å². The molecular formula is C51H68N10O12. The van der Waals surface area contributed by atoms with Crippen molar-refractivity contribution in [3.8, 4) is 11.5 Å². The second-order valence-corrected chi connectivity index (χ2v) is 19.3. The fraction of sp³-hybridized carbons (Fsp3) is 0.510. The first-order valence-corrected chi connectivity index (χ1v) is 24.8. The summed E-state index contributed by atoms with van der Waals surface area (Å²) >= 11 is 0. The first-order chi connectivity index (χ1) is 34.9. The van der Waals surface area contributed by atoms with Crippen LogP contribution in [0.2, 0.25) is 0 Å². The number of hydrogen-bond donors (Lipinski definition) is 10. The van der Waals surface area contributed by atoms with Crippen molar-refractivity contribution in [2.24, 2.45) is 5.73 Å². The first-order valence-electron chi connectivity index (χ1n) is 24.8. The number of nitrogens with one attached hydrogen (secondary N) is 5. The minimum absolute atomic E-state index is 0.00473. The van der Waals surface area contributed by atoms with Crippen molar-refractivity contribution in [2.45, 2.75) is 113 Å². The Bertz CT molecular complexity index is 2430. The van der Waals surface area contributed by atoms with Crippen LogP contribution in [-0.2, 0) is 35.2 Å². The van der Waals surface area contributed by atoms with Crippen LogP contribution in [0.15, 0.2) is 72.8 Å². The maximum absolute atomic E-state index is 14.4. The molecule has 0 bridgehead atoms. The normalized spacial score (nSPS) is 26.8. The Morgan fingerprint density at radius 1 is 0.726 bits per heavy atom. The van der Waals surface area contributed by atoms with Gasteiger partial charge >= 0.3 is 0 Å². The quantitative estimate of drug-likeness (QED) is 0.110. The highest BCUT2D eigenvalue weighted by molar-refractivity contribution is 6.00. The first kappa shape index (κ1) is 53.8. The number of carbonyl (C=O) groups is 7. The number of ether oxygens (including phenoxy) is 1. The van der Waals surface area contributed by atoms with E-state index in [-0.39, 0.29) is 69.5 Å². The van der Waals surface area contributed by atoms with Gasteiger partial charge in [0, 0.05) is 75.2 Å². The number of rotatable bonds is 10. The third kappa shape index (κ3) is 13.3. The summed E-state index contributed by atoms with van der Waals surface area (Å²) in [5.74, 6) is -4.75. The predicted molar refractivity (Wildman–Crippen MR) is 267 cm³/mol. The van der Waals surface area contributed by atoms with Gasteiger partial charge in [0.1, 0.15) is 47.8 Å². The zero-order valence-corrected chi connectivity index (χ0v) is 41.3. The number of carbonyl (C=O) groups excluding carboxylic acids is 7. The summed E-state index contributed by atoms with van der Waals surface area (Å²) in [7, 11) is 1.62. The molecule has 22 heteroatoms. The molecule has 22 nitrogen and oxygen atoms in total. The summed E-state index contributed by atoms with van der Waals surface area (Å²) in [5.41, 5.74) is 9.17. The summed E-state index contributed by atoms with van der Waals surface area (Å²) < 4.78 is 5.29. The zero-order chi connectivity index (χ0) is 52.5. The fourth-order valence-corrected chi connectivity index (χ4v) is 9.80. The molecule has 7 unspecified atom stereocenters. The molecule has 4 heterocycles. The summed E-state index contributed by atoms with van der Waals surface area (Å²) in [6.45, 7) is 5.06. The van der Waals surface area contributed by atoms with Gasteiger partial charge in [0.15, 0.2) is 0 Å². The molecule has 394 valence electrons. The lowest BCUT2D eigenvalue weighted by Gasteiger charge is -2.37. The molecule has 4 aliphatic rings. The Morgan fingerprint density at radius 2 is 1.27 bits per heavy atom. The van der Waals surface area contributed by atoms with Gasteiger partial charge in [-0.1, -0.05) is 12.1 Å². The molecule has 4 saturated heterocycles. The Kier molecular flexibility index (Phi) is 17.8. The number of amides is 7. The van der Waals surface area contributed by atoms with Crippen LogP contribution in [0.3, 0.4) is 0 Å². The van der Waals surface area contributed by atoms with Gasteiger partial charge in [0.05, 0.1) is 25.4 Å². The number of phenols is 1. The number of phenolic OH excluding ortho intramolecular Hbond substituents is 1. The van der Waals surface area contributed by atoms with Crippen molar-refractivity contribution >= 4 is 52.7 Å².